The summed E-state index contributed by atoms with van der Waals surface area (Å²) in [5, 5.41) is 0. The molecule has 3 aliphatic heterocycles. The molecule has 166 valence electrons. The smallest absolute Gasteiger partial charge is 0.358 e. The molecule has 8 nitrogen and oxygen atoms in total. The van der Waals surface area contributed by atoms with Gasteiger partial charge in [0.15, 0.2) is 17.6 Å². The fraction of sp³-hybridized carbons (Fsp3) is 0.609. The Balaban J connectivity index is 1.28. The second kappa shape index (κ2) is 8.09. The first-order valence-electron chi connectivity index (χ1n) is 11.0. The Hall–Kier alpha value is -2.13. The monoisotopic (exact) mass is 428 g/mol. The van der Waals surface area contributed by atoms with Crippen LogP contribution in [-0.2, 0) is 24.0 Å². The van der Waals surface area contributed by atoms with Crippen LogP contribution in [0.3, 0.4) is 0 Å². The molecule has 1 aromatic heterocycles. The van der Waals surface area contributed by atoms with E-state index < -0.39 is 23.6 Å². The van der Waals surface area contributed by atoms with Gasteiger partial charge in [-0.25, -0.2) is 19.6 Å². The number of carbonyl (C=O) groups excluding carboxylic acids is 1. The second-order valence-electron chi connectivity index (χ2n) is 8.87. The average molecular weight is 428 g/mol. The van der Waals surface area contributed by atoms with Gasteiger partial charge in [0.25, 0.3) is 0 Å². The average Bonchev–Trinajstić information content (AvgIpc) is 3.03. The van der Waals surface area contributed by atoms with Crippen LogP contribution in [0.15, 0.2) is 30.5 Å². The Labute approximate surface area is 181 Å². The van der Waals surface area contributed by atoms with Crippen molar-refractivity contribution in [3.8, 4) is 0 Å². The zero-order valence-corrected chi connectivity index (χ0v) is 17.9. The molecule has 2 aromatic rings. The van der Waals surface area contributed by atoms with Gasteiger partial charge in [-0.1, -0.05) is 18.6 Å². The molecule has 8 heteroatoms. The molecule has 6 rings (SSSR count). The molecule has 4 fully saturated rings. The van der Waals surface area contributed by atoms with E-state index in [1.54, 1.807) is 7.11 Å². The van der Waals surface area contributed by atoms with E-state index in [1.807, 2.05) is 31.2 Å². The Morgan fingerprint density at radius 2 is 2.03 bits per heavy atom. The first-order chi connectivity index (χ1) is 15.0. The predicted octanol–water partition coefficient (Wildman–Crippen LogP) is 3.79. The lowest BCUT2D eigenvalue weighted by atomic mass is 9.65. The van der Waals surface area contributed by atoms with Crippen LogP contribution < -0.4 is 0 Å². The minimum atomic E-state index is -0.783. The summed E-state index contributed by atoms with van der Waals surface area (Å²) in [6.07, 6.45) is 6.38. The van der Waals surface area contributed by atoms with Gasteiger partial charge in [-0.15, -0.1) is 0 Å². The highest BCUT2D eigenvalue weighted by molar-refractivity contribution is 5.89. The third-order valence-corrected chi connectivity index (χ3v) is 6.99. The Morgan fingerprint density at radius 3 is 2.87 bits per heavy atom. The normalized spacial score (nSPS) is 34.8. The number of esters is 1. The van der Waals surface area contributed by atoms with Crippen molar-refractivity contribution < 1.29 is 28.8 Å². The molecule has 3 saturated heterocycles. The van der Waals surface area contributed by atoms with Gasteiger partial charge in [-0.3, -0.25) is 4.98 Å². The van der Waals surface area contributed by atoms with E-state index in [0.29, 0.717) is 11.9 Å². The van der Waals surface area contributed by atoms with Crippen molar-refractivity contribution >= 4 is 17.0 Å². The number of fused-ring (bicyclic) bond motifs is 4. The lowest BCUT2D eigenvalue weighted by molar-refractivity contribution is -0.554. The summed E-state index contributed by atoms with van der Waals surface area (Å²) >= 11 is 0. The second-order valence-corrected chi connectivity index (χ2v) is 8.87. The van der Waals surface area contributed by atoms with E-state index in [-0.39, 0.29) is 24.1 Å². The summed E-state index contributed by atoms with van der Waals surface area (Å²) in [5.41, 5.74) is 0.934. The summed E-state index contributed by atoms with van der Waals surface area (Å²) in [7, 11) is 1.65. The van der Waals surface area contributed by atoms with Gasteiger partial charge in [0.2, 0.25) is 5.79 Å². The molecular weight excluding hydrogens is 400 g/mol. The molecule has 1 saturated carbocycles. The van der Waals surface area contributed by atoms with Crippen LogP contribution in [0, 0.1) is 11.8 Å². The van der Waals surface area contributed by atoms with Crippen molar-refractivity contribution in [2.24, 2.45) is 11.8 Å². The Bertz CT molecular complexity index is 970. The van der Waals surface area contributed by atoms with Crippen molar-refractivity contribution in [1.82, 2.24) is 9.97 Å². The molecule has 0 amide bonds. The highest BCUT2D eigenvalue weighted by Crippen LogP contribution is 2.55. The van der Waals surface area contributed by atoms with Crippen LogP contribution in [-0.4, -0.2) is 47.3 Å². The Kier molecular flexibility index (Phi) is 5.42. The van der Waals surface area contributed by atoms with Crippen molar-refractivity contribution in [2.45, 2.75) is 63.1 Å². The fourth-order valence-corrected chi connectivity index (χ4v) is 5.39. The minimum absolute atomic E-state index is 0.0920. The molecule has 0 radical (unpaired) electrons. The standard InChI is InChI=1S/C23H28N2O6/c1-22-12-10-15-6-5-7-16(23(15,31-30-22)21(27-2)29-22)11-13-28-20(26)19-14-24-17-8-3-4-9-18(17)25-19/h3-4,8-9,14-16,21H,5-7,10-13H2,1-2H3/t15-,16+,21+,22-,23-/m1/s1. The predicted molar refractivity (Wildman–Crippen MR) is 110 cm³/mol. The molecule has 1 aliphatic carbocycles. The molecule has 4 heterocycles. The zero-order chi connectivity index (χ0) is 21.5. The van der Waals surface area contributed by atoms with Gasteiger partial charge in [0.1, 0.15) is 0 Å². The summed E-state index contributed by atoms with van der Waals surface area (Å²) < 4.78 is 17.5. The first kappa shape index (κ1) is 20.8. The SMILES string of the molecule is CO[C@H]1O[C@@]2(C)CC[C@H]3CCC[C@@H](CCOC(=O)c4cnc5ccccc5n4)[C@]31OO2. The maximum atomic E-state index is 12.6. The summed E-state index contributed by atoms with van der Waals surface area (Å²) in [6.45, 7) is 2.15. The number of methoxy groups -OCH3 is 1. The quantitative estimate of drug-likeness (QED) is 0.525. The van der Waals surface area contributed by atoms with E-state index >= 15 is 0 Å². The molecule has 4 aliphatic rings. The van der Waals surface area contributed by atoms with E-state index in [4.69, 9.17) is 24.0 Å². The number of nitrogens with zero attached hydrogens (tertiary/aromatic N) is 2. The molecule has 0 unspecified atom stereocenters. The van der Waals surface area contributed by atoms with Crippen LogP contribution in [0.1, 0.15) is 55.9 Å². The topological polar surface area (TPSA) is 89.0 Å². The third kappa shape index (κ3) is 3.61. The van der Waals surface area contributed by atoms with Gasteiger partial charge in [0.05, 0.1) is 23.8 Å². The molecule has 2 bridgehead atoms. The summed E-state index contributed by atoms with van der Waals surface area (Å²) in [4.78, 5) is 33.0. The lowest BCUT2D eigenvalue weighted by Gasteiger charge is -2.53. The number of carbonyl (C=O) groups is 1. The van der Waals surface area contributed by atoms with Gasteiger partial charge in [-0.05, 0) is 56.6 Å². The maximum absolute atomic E-state index is 12.6. The first-order valence-corrected chi connectivity index (χ1v) is 11.0. The number of rotatable bonds is 5. The number of aromatic nitrogens is 2. The lowest BCUT2D eigenvalue weighted by Crippen LogP contribution is -2.63. The van der Waals surface area contributed by atoms with Crippen molar-refractivity contribution in [3.05, 3.63) is 36.2 Å². The molecule has 0 N–H and O–H groups in total. The van der Waals surface area contributed by atoms with Gasteiger partial charge in [-0.2, -0.15) is 0 Å². The van der Waals surface area contributed by atoms with Crippen LogP contribution in [0.25, 0.3) is 11.0 Å². The summed E-state index contributed by atoms with van der Waals surface area (Å²) in [5.74, 6) is -0.886. The van der Waals surface area contributed by atoms with Crippen molar-refractivity contribution in [3.63, 3.8) is 0 Å². The zero-order valence-electron chi connectivity index (χ0n) is 17.9. The van der Waals surface area contributed by atoms with Crippen molar-refractivity contribution in [1.29, 1.82) is 0 Å². The molecule has 31 heavy (non-hydrogen) atoms. The van der Waals surface area contributed by atoms with Crippen LogP contribution in [0.5, 0.6) is 0 Å². The minimum Gasteiger partial charge on any atom is -0.461 e. The molecular formula is C23H28N2O6. The molecule has 5 atom stereocenters. The number of hydrogen-bond donors (Lipinski definition) is 0. The van der Waals surface area contributed by atoms with Crippen LogP contribution in [0.4, 0.5) is 0 Å². The van der Waals surface area contributed by atoms with Crippen molar-refractivity contribution in [2.75, 3.05) is 13.7 Å². The molecule has 1 aromatic carbocycles. The fourth-order valence-electron chi connectivity index (χ4n) is 5.39. The van der Waals surface area contributed by atoms with E-state index in [2.05, 4.69) is 9.97 Å². The highest BCUT2D eigenvalue weighted by atomic mass is 17.3. The third-order valence-electron chi connectivity index (χ3n) is 6.99. The van der Waals surface area contributed by atoms with E-state index in [9.17, 15) is 4.79 Å². The largest absolute Gasteiger partial charge is 0.461 e. The summed E-state index contributed by atoms with van der Waals surface area (Å²) in [6, 6.07) is 7.43. The number of para-hydroxylation sites is 2. The van der Waals surface area contributed by atoms with E-state index in [1.165, 1.54) is 6.20 Å². The Morgan fingerprint density at radius 1 is 1.19 bits per heavy atom. The maximum Gasteiger partial charge on any atom is 0.358 e. The van der Waals surface area contributed by atoms with Gasteiger partial charge >= 0.3 is 5.97 Å². The number of ether oxygens (including phenoxy) is 3. The van der Waals surface area contributed by atoms with Gasteiger partial charge in [0, 0.05) is 13.5 Å². The number of benzene rings is 1. The van der Waals surface area contributed by atoms with Gasteiger partial charge < -0.3 is 14.2 Å². The molecule has 1 spiro atoms. The van der Waals surface area contributed by atoms with Crippen LogP contribution >= 0.6 is 0 Å². The number of hydrogen-bond acceptors (Lipinski definition) is 8. The highest BCUT2D eigenvalue weighted by Gasteiger charge is 2.63. The van der Waals surface area contributed by atoms with Crippen LogP contribution in [0.2, 0.25) is 0 Å². The van der Waals surface area contributed by atoms with E-state index in [0.717, 1.165) is 37.6 Å².